The number of nitrogens with one attached hydrogen (secondary N) is 2. The van der Waals surface area contributed by atoms with Gasteiger partial charge in [0.25, 0.3) is 5.69 Å². The maximum absolute atomic E-state index is 10.5. The summed E-state index contributed by atoms with van der Waals surface area (Å²) >= 11 is 0. The molecule has 0 amide bonds. The van der Waals surface area contributed by atoms with Gasteiger partial charge >= 0.3 is 0 Å². The number of nitrogens with zero attached hydrogens (tertiary/aromatic N) is 3. The van der Waals surface area contributed by atoms with E-state index < -0.39 is 4.92 Å². The summed E-state index contributed by atoms with van der Waals surface area (Å²) < 4.78 is 0. The van der Waals surface area contributed by atoms with Gasteiger partial charge in [-0.15, -0.1) is 0 Å². The number of aromatic amines is 1. The molecule has 0 spiro atoms. The third-order valence-electron chi connectivity index (χ3n) is 2.28. The van der Waals surface area contributed by atoms with E-state index in [0.717, 1.165) is 11.3 Å². The number of aryl methyl sites for hydroxylation is 1. The molecule has 0 aliphatic rings. The van der Waals surface area contributed by atoms with Gasteiger partial charge < -0.3 is 5.32 Å². The van der Waals surface area contributed by atoms with Gasteiger partial charge in [0, 0.05) is 12.3 Å². The second-order valence-corrected chi connectivity index (χ2v) is 3.55. The standard InChI is InChI=1S/C10H11N5O2/c1-7-4-9(15(16)17)6-12-10(7)11-5-8-2-3-13-14-8/h2-4,6H,5H2,1H3,(H,11,12)(H,13,14). The summed E-state index contributed by atoms with van der Waals surface area (Å²) in [4.78, 5) is 14.1. The van der Waals surface area contributed by atoms with E-state index >= 15 is 0 Å². The van der Waals surface area contributed by atoms with E-state index in [9.17, 15) is 10.1 Å². The number of nitro groups is 1. The van der Waals surface area contributed by atoms with E-state index in [4.69, 9.17) is 0 Å². The van der Waals surface area contributed by atoms with Crippen LogP contribution in [0.4, 0.5) is 11.5 Å². The Labute approximate surface area is 97.0 Å². The SMILES string of the molecule is Cc1cc([N+](=O)[O-])cnc1NCc1ccn[nH]1. The van der Waals surface area contributed by atoms with Crippen molar-refractivity contribution >= 4 is 11.5 Å². The number of anilines is 1. The first-order valence-electron chi connectivity index (χ1n) is 5.00. The van der Waals surface area contributed by atoms with E-state index in [2.05, 4.69) is 20.5 Å². The fourth-order valence-corrected chi connectivity index (χ4v) is 1.41. The van der Waals surface area contributed by atoms with Crippen molar-refractivity contribution in [2.75, 3.05) is 5.32 Å². The monoisotopic (exact) mass is 233 g/mol. The summed E-state index contributed by atoms with van der Waals surface area (Å²) in [7, 11) is 0. The predicted octanol–water partition coefficient (Wildman–Crippen LogP) is 1.63. The molecule has 0 aliphatic carbocycles. The largest absolute Gasteiger partial charge is 0.364 e. The van der Waals surface area contributed by atoms with Crippen molar-refractivity contribution in [3.63, 3.8) is 0 Å². The normalized spacial score (nSPS) is 10.2. The molecule has 0 radical (unpaired) electrons. The number of hydrogen-bond acceptors (Lipinski definition) is 5. The van der Waals surface area contributed by atoms with Gasteiger partial charge in [-0.1, -0.05) is 0 Å². The molecular formula is C10H11N5O2. The Morgan fingerprint density at radius 1 is 1.59 bits per heavy atom. The first kappa shape index (κ1) is 11.1. The van der Waals surface area contributed by atoms with E-state index in [1.165, 1.54) is 12.3 Å². The van der Waals surface area contributed by atoms with Gasteiger partial charge in [0.15, 0.2) is 0 Å². The van der Waals surface area contributed by atoms with Crippen LogP contribution in [0.5, 0.6) is 0 Å². The molecule has 0 fully saturated rings. The van der Waals surface area contributed by atoms with Crippen LogP contribution in [0, 0.1) is 17.0 Å². The van der Waals surface area contributed by atoms with E-state index in [-0.39, 0.29) is 5.69 Å². The van der Waals surface area contributed by atoms with Crippen LogP contribution in [0.2, 0.25) is 0 Å². The van der Waals surface area contributed by atoms with E-state index in [1.54, 1.807) is 13.1 Å². The summed E-state index contributed by atoms with van der Waals surface area (Å²) in [5.41, 5.74) is 1.65. The molecule has 88 valence electrons. The van der Waals surface area contributed by atoms with E-state index in [1.807, 2.05) is 6.07 Å². The molecule has 0 saturated carbocycles. The van der Waals surface area contributed by atoms with Gasteiger partial charge in [0.05, 0.1) is 17.2 Å². The number of rotatable bonds is 4. The van der Waals surface area contributed by atoms with Crippen LogP contribution in [-0.2, 0) is 6.54 Å². The van der Waals surface area contributed by atoms with Gasteiger partial charge in [-0.05, 0) is 18.6 Å². The zero-order valence-corrected chi connectivity index (χ0v) is 9.17. The molecule has 0 aromatic carbocycles. The minimum Gasteiger partial charge on any atom is -0.364 e. The summed E-state index contributed by atoms with van der Waals surface area (Å²) in [6, 6.07) is 3.33. The fraction of sp³-hybridized carbons (Fsp3) is 0.200. The van der Waals surface area contributed by atoms with Crippen molar-refractivity contribution in [1.82, 2.24) is 15.2 Å². The van der Waals surface area contributed by atoms with Crippen molar-refractivity contribution < 1.29 is 4.92 Å². The van der Waals surface area contributed by atoms with Crippen molar-refractivity contribution in [3.05, 3.63) is 45.9 Å². The lowest BCUT2D eigenvalue weighted by atomic mass is 10.2. The van der Waals surface area contributed by atoms with Crippen LogP contribution in [0.1, 0.15) is 11.3 Å². The lowest BCUT2D eigenvalue weighted by Crippen LogP contribution is -2.04. The van der Waals surface area contributed by atoms with Crippen LogP contribution in [0.15, 0.2) is 24.5 Å². The Morgan fingerprint density at radius 2 is 2.41 bits per heavy atom. The van der Waals surface area contributed by atoms with Crippen molar-refractivity contribution in [1.29, 1.82) is 0 Å². The zero-order valence-electron chi connectivity index (χ0n) is 9.17. The molecular weight excluding hydrogens is 222 g/mol. The van der Waals surface area contributed by atoms with Gasteiger partial charge in [0.1, 0.15) is 12.0 Å². The summed E-state index contributed by atoms with van der Waals surface area (Å²) in [6.07, 6.45) is 2.90. The molecule has 2 N–H and O–H groups in total. The highest BCUT2D eigenvalue weighted by Crippen LogP contribution is 2.18. The highest BCUT2D eigenvalue weighted by molar-refractivity contribution is 5.48. The van der Waals surface area contributed by atoms with Crippen LogP contribution in [0.25, 0.3) is 0 Å². The Kier molecular flexibility index (Phi) is 2.99. The second-order valence-electron chi connectivity index (χ2n) is 3.55. The molecule has 0 bridgehead atoms. The average Bonchev–Trinajstić information content (AvgIpc) is 2.80. The molecule has 0 saturated heterocycles. The molecule has 2 aromatic heterocycles. The highest BCUT2D eigenvalue weighted by atomic mass is 16.6. The first-order valence-corrected chi connectivity index (χ1v) is 5.00. The predicted molar refractivity (Wildman–Crippen MR) is 61.5 cm³/mol. The fourth-order valence-electron chi connectivity index (χ4n) is 1.41. The number of pyridine rings is 1. The topological polar surface area (TPSA) is 96.7 Å². The van der Waals surface area contributed by atoms with Crippen LogP contribution in [-0.4, -0.2) is 20.1 Å². The molecule has 0 aliphatic heterocycles. The molecule has 7 heteroatoms. The van der Waals surface area contributed by atoms with Crippen LogP contribution >= 0.6 is 0 Å². The average molecular weight is 233 g/mol. The highest BCUT2D eigenvalue weighted by Gasteiger charge is 2.09. The lowest BCUT2D eigenvalue weighted by molar-refractivity contribution is -0.385. The second kappa shape index (κ2) is 4.60. The zero-order chi connectivity index (χ0) is 12.3. The Hall–Kier alpha value is -2.44. The van der Waals surface area contributed by atoms with Gasteiger partial charge in [-0.2, -0.15) is 5.10 Å². The van der Waals surface area contributed by atoms with Crippen molar-refractivity contribution in [2.45, 2.75) is 13.5 Å². The molecule has 17 heavy (non-hydrogen) atoms. The molecule has 0 atom stereocenters. The third-order valence-corrected chi connectivity index (χ3v) is 2.28. The summed E-state index contributed by atoms with van der Waals surface area (Å²) in [5, 5.41) is 20.2. The minimum atomic E-state index is -0.460. The molecule has 2 aromatic rings. The van der Waals surface area contributed by atoms with Crippen molar-refractivity contribution in [2.24, 2.45) is 0 Å². The molecule has 2 heterocycles. The summed E-state index contributed by atoms with van der Waals surface area (Å²) in [6.45, 7) is 2.32. The lowest BCUT2D eigenvalue weighted by Gasteiger charge is -2.06. The maximum Gasteiger partial charge on any atom is 0.287 e. The number of hydrogen-bond donors (Lipinski definition) is 2. The number of aromatic nitrogens is 3. The smallest absolute Gasteiger partial charge is 0.287 e. The number of H-pyrrole nitrogens is 1. The Morgan fingerprint density at radius 3 is 3.00 bits per heavy atom. The van der Waals surface area contributed by atoms with Gasteiger partial charge in [0.2, 0.25) is 0 Å². The van der Waals surface area contributed by atoms with Crippen LogP contribution < -0.4 is 5.32 Å². The third kappa shape index (κ3) is 2.57. The Bertz CT molecular complexity index is 523. The molecule has 7 nitrogen and oxygen atoms in total. The van der Waals surface area contributed by atoms with Gasteiger partial charge in [-0.3, -0.25) is 15.2 Å². The van der Waals surface area contributed by atoms with Crippen molar-refractivity contribution in [3.8, 4) is 0 Å². The molecule has 0 unspecified atom stereocenters. The maximum atomic E-state index is 10.5. The van der Waals surface area contributed by atoms with Gasteiger partial charge in [-0.25, -0.2) is 4.98 Å². The quantitative estimate of drug-likeness (QED) is 0.618. The minimum absolute atomic E-state index is 0.00501. The van der Waals surface area contributed by atoms with Crippen LogP contribution in [0.3, 0.4) is 0 Å². The summed E-state index contributed by atoms with van der Waals surface area (Å²) in [5.74, 6) is 0.630. The first-order chi connectivity index (χ1) is 8.16. The Balaban J connectivity index is 2.09. The van der Waals surface area contributed by atoms with E-state index in [0.29, 0.717) is 12.4 Å². The molecule has 2 rings (SSSR count).